The number of hydrazone groups is 1. The van der Waals surface area contributed by atoms with Crippen LogP contribution in [-0.2, 0) is 6.42 Å². The van der Waals surface area contributed by atoms with Crippen molar-refractivity contribution in [2.24, 2.45) is 10.8 Å². The van der Waals surface area contributed by atoms with Crippen LogP contribution < -0.4 is 5.73 Å². The van der Waals surface area contributed by atoms with Crippen molar-refractivity contribution in [3.05, 3.63) is 239 Å². The Morgan fingerprint density at radius 1 is 0.618 bits per heavy atom. The minimum atomic E-state index is 0.266. The number of allylic oxidation sites excluding steroid dienone is 5. The van der Waals surface area contributed by atoms with Crippen molar-refractivity contribution in [3.8, 4) is 22.5 Å². The molecule has 5 nitrogen and oxygen atoms in total. The van der Waals surface area contributed by atoms with Gasteiger partial charge in [-0.15, -0.1) is 0 Å². The van der Waals surface area contributed by atoms with Crippen molar-refractivity contribution in [1.82, 2.24) is 14.1 Å². The molecule has 3 heterocycles. The molecule has 2 atom stereocenters. The number of benzene rings is 7. The Labute approximate surface area is 399 Å². The molecule has 0 saturated carbocycles. The van der Waals surface area contributed by atoms with Gasteiger partial charge in [-0.05, 0) is 139 Å². The van der Waals surface area contributed by atoms with E-state index < -0.39 is 0 Å². The van der Waals surface area contributed by atoms with Crippen LogP contribution >= 0.6 is 0 Å². The monoisotopic (exact) mass is 881 g/mol. The Kier molecular flexibility index (Phi) is 10.8. The fraction of sp³-hybridized carbons (Fsp3) is 0.159. The van der Waals surface area contributed by atoms with Crippen molar-refractivity contribution in [2.75, 3.05) is 0 Å². The zero-order valence-electron chi connectivity index (χ0n) is 38.6. The first kappa shape index (κ1) is 41.5. The van der Waals surface area contributed by atoms with Gasteiger partial charge in [0.1, 0.15) is 0 Å². The number of aromatic nitrogens is 2. The van der Waals surface area contributed by atoms with Gasteiger partial charge in [-0.2, -0.15) is 5.10 Å². The standard InChI is InChI=1S/C63H55N5/c1-43(30-33-52-38-49-24-14-16-28-59(49)68(52)65-58(46-22-10-4-11-23-46)42-57(64)45-20-8-3-9-21-45)47-31-35-61-54(39-47)53-27-15-17-29-60(53)67(61)51-34-37-63-56(41-51)55-40-48(44-18-6-2-7-19-44)32-36-62(55)66(63)50-25-12-5-13-26-50/h2-15,18-27,31-32,34-37,39-43,52H,16-17,28-30,33,38,64H2,1H3. The molecule has 9 aromatic rings. The second kappa shape index (κ2) is 17.7. The van der Waals surface area contributed by atoms with E-state index in [2.05, 4.69) is 209 Å². The first-order valence-corrected chi connectivity index (χ1v) is 24.4. The molecule has 0 bridgehead atoms. The summed E-state index contributed by atoms with van der Waals surface area (Å²) in [4.78, 5) is 0. The highest BCUT2D eigenvalue weighted by Gasteiger charge is 2.32. The van der Waals surface area contributed by atoms with Crippen LogP contribution in [0.15, 0.2) is 217 Å². The Bertz CT molecular complexity index is 3490. The van der Waals surface area contributed by atoms with Crippen LogP contribution in [0.1, 0.15) is 79.3 Å². The molecule has 2 unspecified atom stereocenters. The third-order valence-electron chi connectivity index (χ3n) is 14.6. The zero-order valence-corrected chi connectivity index (χ0v) is 38.6. The lowest BCUT2D eigenvalue weighted by Gasteiger charge is -2.27. The summed E-state index contributed by atoms with van der Waals surface area (Å²) in [6.07, 6.45) is 18.6. The van der Waals surface area contributed by atoms with E-state index in [4.69, 9.17) is 10.8 Å². The van der Waals surface area contributed by atoms with Crippen molar-refractivity contribution in [1.29, 1.82) is 0 Å². The van der Waals surface area contributed by atoms with E-state index in [1.807, 2.05) is 18.2 Å². The van der Waals surface area contributed by atoms with Gasteiger partial charge < -0.3 is 14.9 Å². The van der Waals surface area contributed by atoms with Crippen LogP contribution in [0.25, 0.3) is 67.0 Å². The maximum absolute atomic E-state index is 6.77. The van der Waals surface area contributed by atoms with Gasteiger partial charge in [0.05, 0.1) is 28.3 Å². The quantitative estimate of drug-likeness (QED) is 0.132. The number of nitrogens with two attached hydrogens (primary N) is 1. The zero-order chi connectivity index (χ0) is 45.6. The summed E-state index contributed by atoms with van der Waals surface area (Å²) in [5.41, 5.74) is 25.9. The highest BCUT2D eigenvalue weighted by atomic mass is 15.5. The lowest BCUT2D eigenvalue weighted by Crippen LogP contribution is -2.27. The van der Waals surface area contributed by atoms with Gasteiger partial charge in [0.2, 0.25) is 0 Å². The third-order valence-corrected chi connectivity index (χ3v) is 14.6. The van der Waals surface area contributed by atoms with Crippen LogP contribution in [-0.4, -0.2) is 25.9 Å². The first-order chi connectivity index (χ1) is 33.6. The predicted molar refractivity (Wildman–Crippen MR) is 285 cm³/mol. The van der Waals surface area contributed by atoms with Gasteiger partial charge in [-0.3, -0.25) is 5.01 Å². The number of hydrogen-bond acceptors (Lipinski definition) is 3. The topological polar surface area (TPSA) is 51.5 Å². The molecule has 7 aromatic carbocycles. The van der Waals surface area contributed by atoms with Crippen molar-refractivity contribution in [3.63, 3.8) is 0 Å². The molecule has 2 aliphatic carbocycles. The van der Waals surface area contributed by atoms with Crippen molar-refractivity contribution in [2.45, 2.75) is 63.8 Å². The van der Waals surface area contributed by atoms with E-state index >= 15 is 0 Å². The normalized spacial score (nSPS) is 16.5. The Hall–Kier alpha value is -7.89. The number of para-hydroxylation sites is 1. The van der Waals surface area contributed by atoms with E-state index in [-0.39, 0.29) is 6.04 Å². The van der Waals surface area contributed by atoms with Crippen molar-refractivity contribution < 1.29 is 0 Å². The molecule has 3 aliphatic rings. The number of nitrogens with zero attached hydrogens (tertiary/aromatic N) is 4. The molecular formula is C63H55N5. The summed E-state index contributed by atoms with van der Waals surface area (Å²) in [7, 11) is 0. The fourth-order valence-corrected chi connectivity index (χ4v) is 11.1. The lowest BCUT2D eigenvalue weighted by atomic mass is 9.91. The number of fused-ring (bicyclic) bond motifs is 6. The smallest absolute Gasteiger partial charge is 0.0928 e. The Balaban J connectivity index is 0.885. The molecule has 0 saturated heterocycles. The van der Waals surface area contributed by atoms with Crippen LogP contribution in [0.2, 0.25) is 0 Å². The van der Waals surface area contributed by atoms with E-state index in [9.17, 15) is 0 Å². The summed E-state index contributed by atoms with van der Waals surface area (Å²) >= 11 is 0. The van der Waals surface area contributed by atoms with Crippen LogP contribution in [0.4, 0.5) is 0 Å². The molecule has 0 radical (unpaired) electrons. The van der Waals surface area contributed by atoms with Crippen LogP contribution in [0.5, 0.6) is 0 Å². The second-order valence-electron chi connectivity index (χ2n) is 18.8. The molecule has 332 valence electrons. The van der Waals surface area contributed by atoms with Gasteiger partial charge in [0, 0.05) is 55.7 Å². The Morgan fingerprint density at radius 2 is 1.26 bits per heavy atom. The van der Waals surface area contributed by atoms with E-state index in [1.54, 1.807) is 0 Å². The van der Waals surface area contributed by atoms with Gasteiger partial charge in [-0.25, -0.2) is 0 Å². The second-order valence-corrected chi connectivity index (χ2v) is 18.8. The van der Waals surface area contributed by atoms with Crippen LogP contribution in [0, 0.1) is 0 Å². The average molecular weight is 882 g/mol. The first-order valence-electron chi connectivity index (χ1n) is 24.4. The van der Waals surface area contributed by atoms with E-state index in [0.29, 0.717) is 11.6 Å². The maximum Gasteiger partial charge on any atom is 0.0928 e. The molecule has 2 N–H and O–H groups in total. The summed E-state index contributed by atoms with van der Waals surface area (Å²) in [5, 5.41) is 11.7. The molecule has 5 heteroatoms. The third kappa shape index (κ3) is 7.58. The maximum atomic E-state index is 6.77. The van der Waals surface area contributed by atoms with E-state index in [1.165, 1.54) is 83.3 Å². The SMILES string of the molecule is CC(CCC1CC2=C(CCC=C2)N1N=C(C=C(N)c1ccccc1)c1ccccc1)c1ccc2c(c1)c1c(n2-c2ccc3c(c2)c2cc(-c4ccccc4)ccc2n3-c2ccccc2)CCC=C1. The summed E-state index contributed by atoms with van der Waals surface area (Å²) in [6.45, 7) is 2.41. The van der Waals surface area contributed by atoms with Gasteiger partial charge in [0.15, 0.2) is 0 Å². The minimum Gasteiger partial charge on any atom is -0.398 e. The van der Waals surface area contributed by atoms with Gasteiger partial charge >= 0.3 is 0 Å². The van der Waals surface area contributed by atoms with Crippen LogP contribution in [0.3, 0.4) is 0 Å². The molecule has 12 rings (SSSR count). The average Bonchev–Trinajstić information content (AvgIpc) is 4.05. The Morgan fingerprint density at radius 3 is 2.04 bits per heavy atom. The molecule has 0 spiro atoms. The van der Waals surface area contributed by atoms with E-state index in [0.717, 1.165) is 61.8 Å². The van der Waals surface area contributed by atoms with Crippen molar-refractivity contribution >= 4 is 50.2 Å². The highest BCUT2D eigenvalue weighted by molar-refractivity contribution is 6.12. The molecule has 68 heavy (non-hydrogen) atoms. The molecule has 0 fully saturated rings. The minimum absolute atomic E-state index is 0.266. The molecule has 0 amide bonds. The van der Waals surface area contributed by atoms with Gasteiger partial charge in [0.25, 0.3) is 0 Å². The number of rotatable bonds is 11. The van der Waals surface area contributed by atoms with Gasteiger partial charge in [-0.1, -0.05) is 153 Å². The summed E-state index contributed by atoms with van der Waals surface area (Å²) in [6, 6.07) is 63.8. The largest absolute Gasteiger partial charge is 0.398 e. The molecule has 1 aliphatic heterocycles. The molecule has 2 aromatic heterocycles. The summed E-state index contributed by atoms with van der Waals surface area (Å²) in [5.74, 6) is 0.367. The lowest BCUT2D eigenvalue weighted by molar-refractivity contribution is 0.262. The molecular weight excluding hydrogens is 827 g/mol. The number of hydrogen-bond donors (Lipinski definition) is 1. The predicted octanol–water partition coefficient (Wildman–Crippen LogP) is 15.3. The highest BCUT2D eigenvalue weighted by Crippen LogP contribution is 2.42. The summed E-state index contributed by atoms with van der Waals surface area (Å²) < 4.78 is 4.97. The fourth-order valence-electron chi connectivity index (χ4n) is 11.1.